The van der Waals surface area contributed by atoms with Crippen LogP contribution in [0.25, 0.3) is 0 Å². The Morgan fingerprint density at radius 2 is 1.90 bits per heavy atom. The van der Waals surface area contributed by atoms with Crippen LogP contribution in [0.15, 0.2) is 70.6 Å². The van der Waals surface area contributed by atoms with Crippen LogP contribution in [0.2, 0.25) is 0 Å². The van der Waals surface area contributed by atoms with Crippen molar-refractivity contribution in [2.75, 3.05) is 19.4 Å². The molecular weight excluding hydrogens is 568 g/mol. The number of rotatable bonds is 17. The first kappa shape index (κ1) is 32.6. The Hall–Kier alpha value is -2.87. The molecule has 2 aromatic rings. The second kappa shape index (κ2) is 15.9. The number of nitrogens with zero attached hydrogens (tertiary/aromatic N) is 2. The zero-order chi connectivity index (χ0) is 29.7. The van der Waals surface area contributed by atoms with Crippen LogP contribution >= 0.6 is 12.0 Å². The molecule has 0 radical (unpaired) electrons. The zero-order valence-electron chi connectivity index (χ0n) is 23.3. The van der Waals surface area contributed by atoms with Crippen molar-refractivity contribution in [1.29, 1.82) is 0 Å². The lowest BCUT2D eigenvalue weighted by molar-refractivity contribution is -0.437. The molecule has 1 aliphatic heterocycles. The second-order valence-corrected chi connectivity index (χ2v) is 12.2. The van der Waals surface area contributed by atoms with Crippen molar-refractivity contribution >= 4 is 51.4 Å². The molecule has 1 atom stereocenters. The van der Waals surface area contributed by atoms with Gasteiger partial charge in [-0.2, -0.15) is 13.0 Å². The summed E-state index contributed by atoms with van der Waals surface area (Å²) < 4.78 is 43.8. The van der Waals surface area contributed by atoms with E-state index in [9.17, 15) is 17.8 Å². The van der Waals surface area contributed by atoms with E-state index >= 15 is 0 Å². The molecule has 1 unspecified atom stereocenters. The fourth-order valence-electron chi connectivity index (χ4n) is 4.99. The largest absolute Gasteiger partial charge is 0.469 e. The summed E-state index contributed by atoms with van der Waals surface area (Å²) >= 11 is 0.872. The molecule has 0 spiro atoms. The molecule has 0 aromatic heterocycles. The number of allylic oxidation sites excluding steroid dienone is 2. The third kappa shape index (κ3) is 9.87. The lowest BCUT2D eigenvalue weighted by Gasteiger charge is -2.23. The average Bonchev–Trinajstić information content (AvgIpc) is 3.18. The maximum absolute atomic E-state index is 11.6. The maximum atomic E-state index is 11.6. The highest BCUT2D eigenvalue weighted by molar-refractivity contribution is 7.94. The molecule has 0 bridgehead atoms. The molecular formula is C29H37N2O8S2+. The van der Waals surface area contributed by atoms with Crippen molar-refractivity contribution in [3.63, 3.8) is 0 Å². The summed E-state index contributed by atoms with van der Waals surface area (Å²) in [7, 11) is -2.72. The lowest BCUT2D eigenvalue weighted by Crippen LogP contribution is -2.31. The molecule has 10 nitrogen and oxygen atoms in total. The van der Waals surface area contributed by atoms with Gasteiger partial charge in [-0.3, -0.25) is 14.3 Å². The van der Waals surface area contributed by atoms with E-state index in [1.54, 1.807) is 0 Å². The normalized spacial score (nSPS) is 17.1. The number of methoxy groups -OCH3 is 1. The molecule has 1 heterocycles. The van der Waals surface area contributed by atoms with Crippen molar-refractivity contribution < 1.29 is 41.7 Å². The number of aliphatic imine (C=N–C) groups is 1. The van der Waals surface area contributed by atoms with E-state index in [1.165, 1.54) is 7.11 Å². The van der Waals surface area contributed by atoms with Gasteiger partial charge in [0.1, 0.15) is 6.54 Å². The first-order valence-electron chi connectivity index (χ1n) is 13.4. The van der Waals surface area contributed by atoms with Gasteiger partial charge < -0.3 is 4.74 Å². The van der Waals surface area contributed by atoms with Crippen LogP contribution in [0.1, 0.15) is 57.4 Å². The third-order valence-corrected chi connectivity index (χ3v) is 8.33. The van der Waals surface area contributed by atoms with Crippen molar-refractivity contribution in [1.82, 2.24) is 0 Å². The predicted molar refractivity (Wildman–Crippen MR) is 159 cm³/mol. The summed E-state index contributed by atoms with van der Waals surface area (Å²) in [6, 6.07) is 15.4. The van der Waals surface area contributed by atoms with E-state index in [-0.39, 0.29) is 18.1 Å². The first-order chi connectivity index (χ1) is 19.7. The van der Waals surface area contributed by atoms with E-state index < -0.39 is 15.5 Å². The average molecular weight is 606 g/mol. The minimum atomic E-state index is -4.10. The van der Waals surface area contributed by atoms with Gasteiger partial charge in [-0.05, 0) is 44.0 Å². The van der Waals surface area contributed by atoms with Crippen LogP contribution < -0.4 is 0 Å². The second-order valence-electron chi connectivity index (χ2n) is 9.84. The van der Waals surface area contributed by atoms with Crippen LogP contribution in [-0.4, -0.2) is 60.1 Å². The third-order valence-electron chi connectivity index (χ3n) is 6.95. The molecule has 0 saturated carbocycles. The van der Waals surface area contributed by atoms with Gasteiger partial charge in [0, 0.05) is 48.1 Å². The first-order valence-corrected chi connectivity index (χ1v) is 15.7. The molecule has 12 heteroatoms. The molecule has 0 aliphatic carbocycles. The quantitative estimate of drug-likeness (QED) is 0.0315. The van der Waals surface area contributed by atoms with Gasteiger partial charge in [0.05, 0.1) is 36.0 Å². The van der Waals surface area contributed by atoms with Crippen molar-refractivity contribution in [3.05, 3.63) is 66.2 Å². The topological polar surface area (TPSA) is 135 Å². The predicted octanol–water partition coefficient (Wildman–Crippen LogP) is 6.22. The number of fused-ring (bicyclic) bond motifs is 1. The fraction of sp³-hybridized carbons (Fsp3) is 0.414. The SMILES string of the molecule is COC(=O)CCCCCC1(C)C(/C=C/CC=Nc2ccccc2)=[N+](CCCS(=O)(=O)O)c2ccc(SOOO)cc21. The number of para-hydroxylation sites is 1. The van der Waals surface area contributed by atoms with E-state index in [4.69, 9.17) is 9.99 Å². The van der Waals surface area contributed by atoms with Gasteiger partial charge in [-0.1, -0.05) is 42.2 Å². The van der Waals surface area contributed by atoms with Gasteiger partial charge in [0.25, 0.3) is 10.1 Å². The Morgan fingerprint density at radius 3 is 2.61 bits per heavy atom. The number of esters is 1. The Labute approximate surface area is 245 Å². The van der Waals surface area contributed by atoms with Gasteiger partial charge in [0.2, 0.25) is 5.69 Å². The van der Waals surface area contributed by atoms with Gasteiger partial charge in [-0.25, -0.2) is 5.26 Å². The molecule has 2 aromatic carbocycles. The summed E-state index contributed by atoms with van der Waals surface area (Å²) in [6.07, 6.45) is 10.3. The molecule has 3 rings (SSSR count). The number of carbonyl (C=O) groups excluding carboxylic acids is 1. The van der Waals surface area contributed by atoms with Crippen LogP contribution in [0.3, 0.4) is 0 Å². The van der Waals surface area contributed by atoms with Crippen LogP contribution in [0, 0.1) is 0 Å². The monoisotopic (exact) mass is 605 g/mol. The summed E-state index contributed by atoms with van der Waals surface area (Å²) in [6.45, 7) is 2.52. The Bertz CT molecular complexity index is 1360. The van der Waals surface area contributed by atoms with Crippen molar-refractivity contribution in [3.8, 4) is 0 Å². The highest BCUT2D eigenvalue weighted by Gasteiger charge is 2.47. The molecule has 1 aliphatic rings. The number of hydrogen-bond acceptors (Lipinski definition) is 9. The van der Waals surface area contributed by atoms with Crippen LogP contribution in [0.5, 0.6) is 0 Å². The van der Waals surface area contributed by atoms with E-state index in [0.717, 1.165) is 54.0 Å². The number of unbranched alkanes of at least 4 members (excludes halogenated alkanes) is 2. The minimum absolute atomic E-state index is 0.229. The molecule has 2 N–H and O–H groups in total. The Morgan fingerprint density at radius 1 is 1.12 bits per heavy atom. The zero-order valence-corrected chi connectivity index (χ0v) is 24.9. The highest BCUT2D eigenvalue weighted by atomic mass is 32.2. The van der Waals surface area contributed by atoms with E-state index in [0.29, 0.717) is 30.7 Å². The molecule has 41 heavy (non-hydrogen) atoms. The number of benzene rings is 2. The highest BCUT2D eigenvalue weighted by Crippen LogP contribution is 2.45. The molecule has 0 amide bonds. The van der Waals surface area contributed by atoms with Crippen LogP contribution in [-0.2, 0) is 34.4 Å². The van der Waals surface area contributed by atoms with Gasteiger partial charge in [-0.15, -0.1) is 4.33 Å². The fourth-order valence-corrected chi connectivity index (χ4v) is 5.88. The number of ether oxygens (including phenoxy) is 1. The summed E-state index contributed by atoms with van der Waals surface area (Å²) in [5.41, 5.74) is 3.34. The van der Waals surface area contributed by atoms with Crippen LogP contribution in [0.4, 0.5) is 11.4 Å². The number of hydrogen-bond donors (Lipinski definition) is 2. The smallest absolute Gasteiger partial charge is 0.305 e. The van der Waals surface area contributed by atoms with Crippen molar-refractivity contribution in [2.45, 2.75) is 62.2 Å². The molecule has 222 valence electrons. The summed E-state index contributed by atoms with van der Waals surface area (Å²) in [5.74, 6) is -0.577. The molecule has 0 saturated heterocycles. The Balaban J connectivity index is 1.92. The lowest BCUT2D eigenvalue weighted by atomic mass is 9.75. The summed E-state index contributed by atoms with van der Waals surface area (Å²) in [5, 5.41) is 12.4. The standard InChI is InChI=1S/C29H36N2O8S2/c1-29(18-9-4-7-15-28(32)37-2)25-22-24(40-39-38-33)16-17-26(25)31(20-11-21-41(34,35)36)27(29)14-8-10-19-30-23-12-5-3-6-13-23/h3,5-6,8,12-14,16-17,19,22H,4,7,9-11,15,18,20-21H2,1-2H3,(H-,33,34,35,36)/p+1/b14-8+,30-19?. The van der Waals surface area contributed by atoms with E-state index in [2.05, 4.69) is 31.9 Å². The van der Waals surface area contributed by atoms with Crippen molar-refractivity contribution in [2.24, 2.45) is 4.99 Å². The minimum Gasteiger partial charge on any atom is -0.469 e. The van der Waals surface area contributed by atoms with Gasteiger partial charge >= 0.3 is 5.97 Å². The maximum Gasteiger partial charge on any atom is 0.305 e. The van der Waals surface area contributed by atoms with E-state index in [1.807, 2.05) is 60.8 Å². The molecule has 0 fully saturated rings. The summed E-state index contributed by atoms with van der Waals surface area (Å²) in [4.78, 5) is 16.8. The number of carbonyl (C=O) groups is 1. The van der Waals surface area contributed by atoms with Gasteiger partial charge in [0.15, 0.2) is 5.71 Å². The Kier molecular flexibility index (Phi) is 12.7.